The molecular formula is C27H32N4O3. The van der Waals surface area contributed by atoms with Crippen molar-refractivity contribution in [1.82, 2.24) is 20.2 Å². The molecule has 0 radical (unpaired) electrons. The molecular weight excluding hydrogens is 428 g/mol. The Morgan fingerprint density at radius 3 is 2.88 bits per heavy atom. The molecule has 1 aromatic carbocycles. The lowest BCUT2D eigenvalue weighted by atomic mass is 9.85. The molecule has 0 saturated carbocycles. The number of pyridine rings is 1. The first kappa shape index (κ1) is 21.8. The fraction of sp³-hybridized carbons (Fsp3) is 0.481. The van der Waals surface area contributed by atoms with E-state index in [2.05, 4.69) is 40.4 Å². The number of benzene rings is 1. The molecule has 2 saturated heterocycles. The Morgan fingerprint density at radius 2 is 2.09 bits per heavy atom. The van der Waals surface area contributed by atoms with Crippen molar-refractivity contribution in [2.75, 3.05) is 26.3 Å². The number of nitrogens with one attached hydrogen (secondary N) is 2. The van der Waals surface area contributed by atoms with Gasteiger partial charge in [-0.1, -0.05) is 6.07 Å². The van der Waals surface area contributed by atoms with Crippen LogP contribution in [0.15, 0.2) is 30.6 Å². The van der Waals surface area contributed by atoms with Crippen molar-refractivity contribution in [2.45, 2.75) is 57.2 Å². The Kier molecular flexibility index (Phi) is 5.43. The third-order valence-corrected chi connectivity index (χ3v) is 7.89. The molecule has 1 atom stereocenters. The molecule has 0 spiro atoms. The average Bonchev–Trinajstić information content (AvgIpc) is 3.53. The highest BCUT2D eigenvalue weighted by Gasteiger charge is 2.41. The molecule has 7 heteroatoms. The van der Waals surface area contributed by atoms with Crippen LogP contribution in [0, 0.1) is 6.92 Å². The van der Waals surface area contributed by atoms with Crippen molar-refractivity contribution in [3.05, 3.63) is 52.8 Å². The molecule has 3 aliphatic heterocycles. The van der Waals surface area contributed by atoms with E-state index in [1.165, 1.54) is 27.8 Å². The number of ether oxygens (including phenoxy) is 1. The van der Waals surface area contributed by atoms with Gasteiger partial charge in [0.05, 0.1) is 0 Å². The summed E-state index contributed by atoms with van der Waals surface area (Å²) in [7, 11) is 0. The van der Waals surface area contributed by atoms with Crippen molar-refractivity contribution in [3.63, 3.8) is 0 Å². The van der Waals surface area contributed by atoms with Crippen LogP contribution in [0.1, 0.15) is 54.0 Å². The highest BCUT2D eigenvalue weighted by atomic mass is 16.5. The zero-order valence-electron chi connectivity index (χ0n) is 19.7. The maximum absolute atomic E-state index is 13.3. The number of hydrogen-bond acceptors (Lipinski definition) is 5. The number of aryl methyl sites for hydroxylation is 1. The van der Waals surface area contributed by atoms with Crippen molar-refractivity contribution in [2.24, 2.45) is 0 Å². The molecule has 2 fully saturated rings. The summed E-state index contributed by atoms with van der Waals surface area (Å²) >= 11 is 0. The second-order valence-electron chi connectivity index (χ2n) is 10.1. The van der Waals surface area contributed by atoms with E-state index >= 15 is 0 Å². The van der Waals surface area contributed by atoms with E-state index in [0.29, 0.717) is 45.2 Å². The predicted molar refractivity (Wildman–Crippen MR) is 130 cm³/mol. The standard InChI is InChI=1S/C27H32N4O3/c1-17-14-29-25-21(17)13-20(15-30-25)19-11-18-4-8-31(26(32)27(33)5-9-34-10-6-27)16-23(18)22(12-19)24-3-2-7-28-24/h11-15,24,28,33H,2-10,16H2,1H3,(H,29,30). The van der Waals surface area contributed by atoms with Gasteiger partial charge in [0.2, 0.25) is 0 Å². The van der Waals surface area contributed by atoms with Crippen molar-refractivity contribution < 1.29 is 14.6 Å². The topological polar surface area (TPSA) is 90.5 Å². The smallest absolute Gasteiger partial charge is 0.255 e. The SMILES string of the molecule is Cc1c[nH]c2ncc(-c3cc4c(c(C5CCCN5)c3)CN(C(=O)C3(O)CCOCC3)CC4)cc12. The maximum atomic E-state index is 13.3. The summed E-state index contributed by atoms with van der Waals surface area (Å²) in [5.74, 6) is -0.145. The first-order valence-electron chi connectivity index (χ1n) is 12.4. The number of nitrogens with zero attached hydrogens (tertiary/aromatic N) is 2. The largest absolute Gasteiger partial charge is 0.381 e. The van der Waals surface area contributed by atoms with Gasteiger partial charge < -0.3 is 25.0 Å². The van der Waals surface area contributed by atoms with Crippen molar-refractivity contribution in [1.29, 1.82) is 0 Å². The molecule has 3 N–H and O–H groups in total. The summed E-state index contributed by atoms with van der Waals surface area (Å²) in [6.07, 6.45) is 7.74. The highest BCUT2D eigenvalue weighted by molar-refractivity contribution is 5.86. The molecule has 1 unspecified atom stereocenters. The van der Waals surface area contributed by atoms with Crippen molar-refractivity contribution in [3.8, 4) is 11.1 Å². The Bertz CT molecular complexity index is 1240. The van der Waals surface area contributed by atoms with Crippen molar-refractivity contribution >= 4 is 16.9 Å². The summed E-state index contributed by atoms with van der Waals surface area (Å²) in [4.78, 5) is 23.1. The normalized spacial score (nSPS) is 22.2. The average molecular weight is 461 g/mol. The third-order valence-electron chi connectivity index (χ3n) is 7.89. The van der Waals surface area contributed by atoms with Gasteiger partial charge in [0.1, 0.15) is 11.2 Å². The van der Waals surface area contributed by atoms with Crippen LogP contribution >= 0.6 is 0 Å². The number of aromatic amines is 1. The number of carbonyl (C=O) groups is 1. The van der Waals surface area contributed by atoms with Crippen LogP contribution < -0.4 is 5.32 Å². The minimum absolute atomic E-state index is 0.145. The summed E-state index contributed by atoms with van der Waals surface area (Å²) < 4.78 is 5.38. The van der Waals surface area contributed by atoms with Gasteiger partial charge in [-0.15, -0.1) is 0 Å². The second-order valence-corrected chi connectivity index (χ2v) is 10.1. The molecule has 5 heterocycles. The van der Waals surface area contributed by atoms with E-state index in [4.69, 9.17) is 4.74 Å². The molecule has 6 rings (SSSR count). The number of rotatable bonds is 3. The first-order valence-corrected chi connectivity index (χ1v) is 12.4. The van der Waals surface area contributed by atoms with Crippen LogP contribution in [0.4, 0.5) is 0 Å². The van der Waals surface area contributed by atoms with E-state index in [-0.39, 0.29) is 5.91 Å². The van der Waals surface area contributed by atoms with E-state index in [1.54, 1.807) is 0 Å². The number of carbonyl (C=O) groups excluding carboxylic acids is 1. The lowest BCUT2D eigenvalue weighted by molar-refractivity contribution is -0.161. The van der Waals surface area contributed by atoms with Gasteiger partial charge in [0.25, 0.3) is 5.91 Å². The number of aromatic nitrogens is 2. The minimum atomic E-state index is -1.29. The molecule has 2 aromatic heterocycles. The van der Waals surface area contributed by atoms with Crippen LogP contribution in [0.5, 0.6) is 0 Å². The molecule has 1 amide bonds. The number of amides is 1. The Balaban J connectivity index is 1.38. The van der Waals surface area contributed by atoms with Gasteiger partial charge in [-0.3, -0.25) is 4.79 Å². The third kappa shape index (κ3) is 3.72. The fourth-order valence-electron chi connectivity index (χ4n) is 5.81. The summed E-state index contributed by atoms with van der Waals surface area (Å²) in [6, 6.07) is 7.09. The molecule has 3 aromatic rings. The number of hydrogen-bond donors (Lipinski definition) is 3. The molecule has 178 valence electrons. The van der Waals surface area contributed by atoms with Gasteiger partial charge in [-0.2, -0.15) is 0 Å². The molecule has 7 nitrogen and oxygen atoms in total. The van der Waals surface area contributed by atoms with Crippen LogP contribution in [0.3, 0.4) is 0 Å². The van der Waals surface area contributed by atoms with Crippen LogP contribution in [0.25, 0.3) is 22.2 Å². The van der Waals surface area contributed by atoms with Gasteiger partial charge in [0, 0.05) is 68.5 Å². The first-order chi connectivity index (χ1) is 16.5. The van der Waals surface area contributed by atoms with Gasteiger partial charge >= 0.3 is 0 Å². The zero-order valence-corrected chi connectivity index (χ0v) is 19.7. The fourth-order valence-corrected chi connectivity index (χ4v) is 5.81. The van der Waals surface area contributed by atoms with Gasteiger partial charge in [-0.25, -0.2) is 4.98 Å². The Hall–Kier alpha value is -2.74. The highest BCUT2D eigenvalue weighted by Crippen LogP contribution is 2.37. The summed E-state index contributed by atoms with van der Waals surface area (Å²) in [6.45, 7) is 5.17. The molecule has 3 aliphatic rings. The summed E-state index contributed by atoms with van der Waals surface area (Å²) in [5, 5.41) is 15.8. The molecule has 0 bridgehead atoms. The second kappa shape index (κ2) is 8.48. The monoisotopic (exact) mass is 460 g/mol. The van der Waals surface area contributed by atoms with E-state index < -0.39 is 5.60 Å². The van der Waals surface area contributed by atoms with E-state index in [9.17, 15) is 9.90 Å². The Morgan fingerprint density at radius 1 is 1.24 bits per heavy atom. The lowest BCUT2D eigenvalue weighted by Gasteiger charge is -2.39. The Labute approximate surface area is 199 Å². The van der Waals surface area contributed by atoms with Crippen LogP contribution in [0.2, 0.25) is 0 Å². The minimum Gasteiger partial charge on any atom is -0.381 e. The molecule has 0 aliphatic carbocycles. The maximum Gasteiger partial charge on any atom is 0.255 e. The number of fused-ring (bicyclic) bond motifs is 2. The molecule has 34 heavy (non-hydrogen) atoms. The summed E-state index contributed by atoms with van der Waals surface area (Å²) in [5.41, 5.74) is 6.94. The van der Waals surface area contributed by atoms with Crippen LogP contribution in [-0.4, -0.2) is 57.8 Å². The van der Waals surface area contributed by atoms with E-state index in [1.807, 2.05) is 17.3 Å². The lowest BCUT2D eigenvalue weighted by Crippen LogP contribution is -2.53. The van der Waals surface area contributed by atoms with Gasteiger partial charge in [0.15, 0.2) is 0 Å². The predicted octanol–water partition coefficient (Wildman–Crippen LogP) is 3.39. The van der Waals surface area contributed by atoms with Gasteiger partial charge in [-0.05, 0) is 72.7 Å². The quantitative estimate of drug-likeness (QED) is 0.558. The zero-order chi connectivity index (χ0) is 23.3. The number of H-pyrrole nitrogens is 1. The van der Waals surface area contributed by atoms with E-state index in [0.717, 1.165) is 42.4 Å². The number of aliphatic hydroxyl groups is 1. The van der Waals surface area contributed by atoms with Crippen LogP contribution in [-0.2, 0) is 22.5 Å².